The monoisotopic (exact) mass is 470 g/mol. The van der Waals surface area contributed by atoms with Crippen LogP contribution < -0.4 is 15.5 Å². The van der Waals surface area contributed by atoms with Crippen molar-refractivity contribution in [3.8, 4) is 0 Å². The van der Waals surface area contributed by atoms with Crippen molar-refractivity contribution in [2.45, 2.75) is 0 Å². The molecular weight excluding hydrogens is 451 g/mol. The molecule has 0 radical (unpaired) electrons. The molecule has 4 aromatic rings. The van der Waals surface area contributed by atoms with Gasteiger partial charge in [0.1, 0.15) is 5.52 Å². The van der Waals surface area contributed by atoms with Gasteiger partial charge >= 0.3 is 0 Å². The number of hydrogen-bond donors (Lipinski definition) is 3. The van der Waals surface area contributed by atoms with Crippen molar-refractivity contribution >= 4 is 61.6 Å². The molecule has 0 bridgehead atoms. The molecule has 27 heavy (non-hydrogen) atoms. The molecule has 0 saturated carbocycles. The van der Waals surface area contributed by atoms with Gasteiger partial charge in [-0.1, -0.05) is 0 Å². The van der Waals surface area contributed by atoms with Crippen molar-refractivity contribution in [3.05, 3.63) is 52.2 Å². The summed E-state index contributed by atoms with van der Waals surface area (Å²) in [6, 6.07) is 14.8. The number of aromatic amines is 1. The van der Waals surface area contributed by atoms with Gasteiger partial charge in [-0.2, -0.15) is 5.10 Å². The fourth-order valence-corrected chi connectivity index (χ4v) is 4.07. The third-order valence-corrected chi connectivity index (χ3v) is 5.64. The van der Waals surface area contributed by atoms with Crippen LogP contribution in [0.5, 0.6) is 0 Å². The number of nitrogens with one attached hydrogen (secondary N) is 3. The van der Waals surface area contributed by atoms with E-state index < -0.39 is 0 Å². The largest absolute Gasteiger partial charge is 0.369 e. The van der Waals surface area contributed by atoms with Gasteiger partial charge in [0.2, 0.25) is 0 Å². The minimum atomic E-state index is 0.797. The molecule has 5 rings (SSSR count). The van der Waals surface area contributed by atoms with E-state index in [0.717, 1.165) is 59.5 Å². The van der Waals surface area contributed by atoms with Crippen molar-refractivity contribution < 1.29 is 0 Å². The van der Waals surface area contributed by atoms with Gasteiger partial charge in [-0.05, 0) is 65.1 Å². The SMILES string of the molecule is Ic1ccc2nc(Nc3ccc(N4CCNCC4)cc3)c3[nH]ncc3c2c1. The summed E-state index contributed by atoms with van der Waals surface area (Å²) < 4.78 is 1.19. The van der Waals surface area contributed by atoms with Crippen LogP contribution in [0.1, 0.15) is 0 Å². The highest BCUT2D eigenvalue weighted by molar-refractivity contribution is 14.1. The Kier molecular flexibility index (Phi) is 4.33. The van der Waals surface area contributed by atoms with Crippen LogP contribution in [0.15, 0.2) is 48.7 Å². The summed E-state index contributed by atoms with van der Waals surface area (Å²) >= 11 is 2.33. The van der Waals surface area contributed by atoms with Gasteiger partial charge in [0.15, 0.2) is 5.82 Å². The molecule has 2 aromatic heterocycles. The summed E-state index contributed by atoms with van der Waals surface area (Å²) in [7, 11) is 0. The van der Waals surface area contributed by atoms with E-state index in [0.29, 0.717) is 0 Å². The van der Waals surface area contributed by atoms with E-state index in [1.165, 1.54) is 9.26 Å². The van der Waals surface area contributed by atoms with Gasteiger partial charge < -0.3 is 15.5 Å². The maximum atomic E-state index is 4.82. The summed E-state index contributed by atoms with van der Waals surface area (Å²) in [5.74, 6) is 0.797. The van der Waals surface area contributed by atoms with Crippen molar-refractivity contribution in [1.82, 2.24) is 20.5 Å². The number of benzene rings is 2. The van der Waals surface area contributed by atoms with Crippen molar-refractivity contribution in [2.24, 2.45) is 0 Å². The van der Waals surface area contributed by atoms with Crippen LogP contribution >= 0.6 is 22.6 Å². The average molecular weight is 470 g/mol. The van der Waals surface area contributed by atoms with Gasteiger partial charge in [-0.3, -0.25) is 5.10 Å². The summed E-state index contributed by atoms with van der Waals surface area (Å²) in [5, 5.41) is 16.4. The molecule has 6 nitrogen and oxygen atoms in total. The van der Waals surface area contributed by atoms with Crippen LogP contribution in [-0.4, -0.2) is 41.4 Å². The standard InChI is InChI=1S/C20H19IN6/c21-13-1-6-18-16(11-13)17-12-23-26-19(17)20(25-18)24-14-2-4-15(5-3-14)27-9-7-22-8-10-27/h1-6,11-12,22H,7-10H2,(H,23,26)(H,24,25). The lowest BCUT2D eigenvalue weighted by atomic mass is 10.1. The molecule has 0 aliphatic carbocycles. The van der Waals surface area contributed by atoms with Crippen LogP contribution in [0.4, 0.5) is 17.2 Å². The Morgan fingerprint density at radius 2 is 1.81 bits per heavy atom. The van der Waals surface area contributed by atoms with E-state index in [4.69, 9.17) is 4.98 Å². The Morgan fingerprint density at radius 3 is 2.63 bits per heavy atom. The van der Waals surface area contributed by atoms with E-state index >= 15 is 0 Å². The minimum absolute atomic E-state index is 0.797. The topological polar surface area (TPSA) is 68.9 Å². The Morgan fingerprint density at radius 1 is 1.00 bits per heavy atom. The number of anilines is 3. The second-order valence-corrected chi connectivity index (χ2v) is 7.94. The van der Waals surface area contributed by atoms with Crippen molar-refractivity contribution in [2.75, 3.05) is 36.4 Å². The number of nitrogens with zero attached hydrogens (tertiary/aromatic N) is 3. The fraction of sp³-hybridized carbons (Fsp3) is 0.200. The number of piperazine rings is 1. The smallest absolute Gasteiger partial charge is 0.157 e. The van der Waals surface area contributed by atoms with Gasteiger partial charge in [-0.15, -0.1) is 0 Å². The number of fused-ring (bicyclic) bond motifs is 3. The van der Waals surface area contributed by atoms with Crippen molar-refractivity contribution in [1.29, 1.82) is 0 Å². The molecule has 0 atom stereocenters. The number of pyridine rings is 1. The van der Waals surface area contributed by atoms with Crippen LogP contribution in [-0.2, 0) is 0 Å². The Bertz CT molecular complexity index is 1100. The number of hydrogen-bond acceptors (Lipinski definition) is 5. The van der Waals surface area contributed by atoms with Crippen molar-refractivity contribution in [3.63, 3.8) is 0 Å². The van der Waals surface area contributed by atoms with E-state index in [1.807, 2.05) is 6.20 Å². The molecule has 0 unspecified atom stereocenters. The summed E-state index contributed by atoms with van der Waals surface area (Å²) in [6.45, 7) is 4.18. The summed E-state index contributed by atoms with van der Waals surface area (Å²) in [5.41, 5.74) is 4.16. The predicted octanol–water partition coefficient (Wildman–Crippen LogP) is 3.87. The first kappa shape index (κ1) is 16.8. The van der Waals surface area contributed by atoms with E-state index in [9.17, 15) is 0 Å². The van der Waals surface area contributed by atoms with Gasteiger partial charge in [0.25, 0.3) is 0 Å². The first-order valence-electron chi connectivity index (χ1n) is 9.03. The molecule has 0 spiro atoms. The van der Waals surface area contributed by atoms with E-state index in [1.54, 1.807) is 0 Å². The lowest BCUT2D eigenvalue weighted by Gasteiger charge is -2.29. The van der Waals surface area contributed by atoms with E-state index in [-0.39, 0.29) is 0 Å². The molecule has 1 fully saturated rings. The Balaban J connectivity index is 1.48. The molecule has 7 heteroatoms. The van der Waals surface area contributed by atoms with Crippen LogP contribution in [0, 0.1) is 3.57 Å². The highest BCUT2D eigenvalue weighted by Gasteiger charge is 2.12. The Hall–Kier alpha value is -2.39. The normalized spacial score (nSPS) is 14.8. The summed E-state index contributed by atoms with van der Waals surface area (Å²) in [4.78, 5) is 7.23. The van der Waals surface area contributed by atoms with Crippen LogP contribution in [0.3, 0.4) is 0 Å². The lowest BCUT2D eigenvalue weighted by Crippen LogP contribution is -2.43. The summed E-state index contributed by atoms with van der Waals surface area (Å²) in [6.07, 6.45) is 1.87. The van der Waals surface area contributed by atoms with Gasteiger partial charge in [0, 0.05) is 51.9 Å². The van der Waals surface area contributed by atoms with Gasteiger partial charge in [0.05, 0.1) is 11.7 Å². The number of rotatable bonds is 3. The highest BCUT2D eigenvalue weighted by Crippen LogP contribution is 2.30. The third-order valence-electron chi connectivity index (χ3n) is 4.97. The number of H-pyrrole nitrogens is 1. The van der Waals surface area contributed by atoms with Crippen LogP contribution in [0.25, 0.3) is 21.8 Å². The first-order valence-corrected chi connectivity index (χ1v) is 10.1. The zero-order valence-electron chi connectivity index (χ0n) is 14.7. The molecule has 3 N–H and O–H groups in total. The van der Waals surface area contributed by atoms with Crippen LogP contribution in [0.2, 0.25) is 0 Å². The Labute approximate surface area is 170 Å². The zero-order valence-corrected chi connectivity index (χ0v) is 16.8. The molecule has 1 aliphatic heterocycles. The second-order valence-electron chi connectivity index (χ2n) is 6.69. The fourth-order valence-electron chi connectivity index (χ4n) is 3.57. The van der Waals surface area contributed by atoms with E-state index in [2.05, 4.69) is 90.8 Å². The lowest BCUT2D eigenvalue weighted by molar-refractivity contribution is 0.589. The molecular formula is C20H19IN6. The molecule has 136 valence electrons. The molecule has 1 aliphatic rings. The van der Waals surface area contributed by atoms with Gasteiger partial charge in [-0.25, -0.2) is 4.98 Å². The number of halogens is 1. The highest BCUT2D eigenvalue weighted by atomic mass is 127. The minimum Gasteiger partial charge on any atom is -0.369 e. The maximum Gasteiger partial charge on any atom is 0.157 e. The molecule has 0 amide bonds. The zero-order chi connectivity index (χ0) is 18.2. The quantitative estimate of drug-likeness (QED) is 0.397. The molecule has 3 heterocycles. The maximum absolute atomic E-state index is 4.82. The molecule has 1 saturated heterocycles. The number of aromatic nitrogens is 3. The molecule has 2 aromatic carbocycles. The predicted molar refractivity (Wildman–Crippen MR) is 119 cm³/mol. The first-order chi connectivity index (χ1) is 13.3. The second kappa shape index (κ2) is 6.97. The third kappa shape index (κ3) is 3.21. The average Bonchev–Trinajstić information content (AvgIpc) is 3.20.